The molecule has 2 N–H and O–H groups in total. The van der Waals surface area contributed by atoms with Crippen LogP contribution in [0, 0.1) is 0 Å². The molecule has 104 valence electrons. The first-order valence-corrected chi connectivity index (χ1v) is 8.21. The van der Waals surface area contributed by atoms with E-state index in [1.807, 2.05) is 30.3 Å². The van der Waals surface area contributed by atoms with Crippen LogP contribution in [-0.2, 0) is 4.57 Å². The molecule has 2 aromatic carbocycles. The quantitative estimate of drug-likeness (QED) is 0.849. The maximum atomic E-state index is 13.1. The predicted octanol–water partition coefficient (Wildman–Crippen LogP) is 2.00. The first-order valence-electron chi connectivity index (χ1n) is 6.40. The topological polar surface area (TPSA) is 66.8 Å². The van der Waals surface area contributed by atoms with E-state index in [2.05, 4.69) is 0 Å². The number of aliphatic hydroxyl groups excluding tert-OH is 2. The summed E-state index contributed by atoms with van der Waals surface area (Å²) in [6, 6.07) is 14.7. The summed E-state index contributed by atoms with van der Waals surface area (Å²) in [6.45, 7) is -0.433. The summed E-state index contributed by atoms with van der Waals surface area (Å²) in [5.41, 5.74) is 1.76. The Kier molecular flexibility index (Phi) is 3.38. The fraction of sp³-hybridized carbons (Fsp3) is 0.200. The Morgan fingerprint density at radius 3 is 2.45 bits per heavy atom. The Balaban J connectivity index is 2.15. The molecule has 2 unspecified atom stereocenters. The van der Waals surface area contributed by atoms with Gasteiger partial charge in [0.25, 0.3) is 7.37 Å². The summed E-state index contributed by atoms with van der Waals surface area (Å²) in [5.74, 6) is 0.555. The lowest BCUT2D eigenvalue weighted by Gasteiger charge is -2.29. The zero-order chi connectivity index (χ0) is 14.2. The van der Waals surface area contributed by atoms with E-state index in [0.29, 0.717) is 11.1 Å². The van der Waals surface area contributed by atoms with E-state index in [1.54, 1.807) is 18.2 Å². The van der Waals surface area contributed by atoms with E-state index >= 15 is 0 Å². The first-order chi connectivity index (χ1) is 9.64. The number of aliphatic hydroxyl groups is 2. The van der Waals surface area contributed by atoms with Crippen LogP contribution in [0.15, 0.2) is 48.5 Å². The minimum absolute atomic E-state index is 0.0884. The summed E-state index contributed by atoms with van der Waals surface area (Å²) < 4.78 is 18.8. The lowest BCUT2D eigenvalue weighted by Crippen LogP contribution is -2.26. The Labute approximate surface area is 117 Å². The smallest absolute Gasteiger partial charge is 0.280 e. The molecule has 0 aliphatic carbocycles. The summed E-state index contributed by atoms with van der Waals surface area (Å²) in [4.78, 5) is 0. The van der Waals surface area contributed by atoms with Crippen LogP contribution in [0.25, 0.3) is 11.1 Å². The van der Waals surface area contributed by atoms with E-state index in [0.717, 1.165) is 11.1 Å². The van der Waals surface area contributed by atoms with Gasteiger partial charge in [0.05, 0.1) is 24.2 Å². The van der Waals surface area contributed by atoms with Crippen LogP contribution in [0.4, 0.5) is 0 Å². The zero-order valence-electron chi connectivity index (χ0n) is 10.8. The van der Waals surface area contributed by atoms with Crippen LogP contribution in [0.5, 0.6) is 5.75 Å². The third-order valence-corrected chi connectivity index (χ3v) is 5.87. The molecule has 0 amide bonds. The molecule has 0 fully saturated rings. The van der Waals surface area contributed by atoms with Crippen LogP contribution in [-0.4, -0.2) is 29.1 Å². The molecule has 1 heterocycles. The van der Waals surface area contributed by atoms with Crippen LogP contribution in [0.2, 0.25) is 0 Å². The van der Waals surface area contributed by atoms with E-state index in [4.69, 9.17) is 9.63 Å². The zero-order valence-corrected chi connectivity index (χ0v) is 11.7. The lowest BCUT2D eigenvalue weighted by atomic mass is 10.0. The van der Waals surface area contributed by atoms with Gasteiger partial charge in [0.2, 0.25) is 0 Å². The number of benzene rings is 2. The average Bonchev–Trinajstić information content (AvgIpc) is 2.47. The molecule has 0 saturated carbocycles. The van der Waals surface area contributed by atoms with Gasteiger partial charge in [-0.3, -0.25) is 4.57 Å². The number of hydrogen-bond donors (Lipinski definition) is 2. The molecule has 1 aliphatic rings. The molecule has 1 aliphatic heterocycles. The monoisotopic (exact) mass is 290 g/mol. The molecule has 3 rings (SSSR count). The van der Waals surface area contributed by atoms with Crippen molar-refractivity contribution in [3.05, 3.63) is 48.5 Å². The number of para-hydroxylation sites is 1. The van der Waals surface area contributed by atoms with Crippen molar-refractivity contribution in [2.75, 3.05) is 12.8 Å². The predicted molar refractivity (Wildman–Crippen MR) is 77.7 cm³/mol. The van der Waals surface area contributed by atoms with Crippen molar-refractivity contribution < 1.29 is 19.3 Å². The second-order valence-electron chi connectivity index (χ2n) is 4.80. The standard InChI is InChI=1S/C15H15O4P/c16-9-11(17)10-20(18)15-8-4-2-6-13(15)12-5-1-3-7-14(12)19-20/h1-8,11,16-17H,9-10H2. The number of hydrogen-bond acceptors (Lipinski definition) is 4. The van der Waals surface area contributed by atoms with Gasteiger partial charge in [0.15, 0.2) is 0 Å². The van der Waals surface area contributed by atoms with E-state index in [-0.39, 0.29) is 6.16 Å². The van der Waals surface area contributed by atoms with Crippen molar-refractivity contribution in [2.45, 2.75) is 6.10 Å². The number of fused-ring (bicyclic) bond motifs is 3. The molecule has 5 heteroatoms. The fourth-order valence-corrected chi connectivity index (χ4v) is 4.84. The van der Waals surface area contributed by atoms with E-state index in [1.165, 1.54) is 0 Å². The molecule has 0 bridgehead atoms. The van der Waals surface area contributed by atoms with Crippen LogP contribution < -0.4 is 9.83 Å². The Morgan fingerprint density at radius 1 is 1.05 bits per heavy atom. The van der Waals surface area contributed by atoms with Gasteiger partial charge in [-0.1, -0.05) is 36.4 Å². The van der Waals surface area contributed by atoms with Gasteiger partial charge in [-0.2, -0.15) is 0 Å². The summed E-state index contributed by atoms with van der Waals surface area (Å²) in [6.07, 6.45) is -1.14. The first kappa shape index (κ1) is 13.4. The minimum Gasteiger partial charge on any atom is -0.439 e. The van der Waals surface area contributed by atoms with Crippen molar-refractivity contribution >= 4 is 12.7 Å². The van der Waals surface area contributed by atoms with Crippen molar-refractivity contribution in [2.24, 2.45) is 0 Å². The molecule has 0 saturated heterocycles. The Hall–Kier alpha value is -1.61. The van der Waals surface area contributed by atoms with E-state index < -0.39 is 20.1 Å². The van der Waals surface area contributed by atoms with Crippen molar-refractivity contribution in [3.63, 3.8) is 0 Å². The van der Waals surface area contributed by atoms with Gasteiger partial charge < -0.3 is 14.7 Å². The second-order valence-corrected chi connectivity index (χ2v) is 7.17. The summed E-state index contributed by atoms with van der Waals surface area (Å²) in [5, 5.41) is 19.2. The van der Waals surface area contributed by atoms with Crippen LogP contribution in [0.3, 0.4) is 0 Å². The lowest BCUT2D eigenvalue weighted by molar-refractivity contribution is 0.111. The second kappa shape index (κ2) is 5.06. The highest BCUT2D eigenvalue weighted by atomic mass is 31.2. The Bertz CT molecular complexity index is 683. The molecule has 2 atom stereocenters. The molecule has 0 aromatic heterocycles. The highest BCUT2D eigenvalue weighted by molar-refractivity contribution is 7.67. The molecule has 20 heavy (non-hydrogen) atoms. The van der Waals surface area contributed by atoms with Gasteiger partial charge in [-0.25, -0.2) is 0 Å². The highest BCUT2D eigenvalue weighted by Crippen LogP contribution is 2.54. The average molecular weight is 290 g/mol. The SMILES string of the molecule is O=P1(CC(O)CO)Oc2ccccc2-c2ccccc21. The van der Waals surface area contributed by atoms with Crippen molar-refractivity contribution in [1.29, 1.82) is 0 Å². The van der Waals surface area contributed by atoms with E-state index in [9.17, 15) is 9.67 Å². The summed E-state index contributed by atoms with van der Waals surface area (Å²) >= 11 is 0. The van der Waals surface area contributed by atoms with Crippen molar-refractivity contribution in [3.8, 4) is 16.9 Å². The minimum atomic E-state index is -3.22. The Morgan fingerprint density at radius 2 is 1.70 bits per heavy atom. The van der Waals surface area contributed by atoms with Gasteiger partial charge in [-0.05, 0) is 17.7 Å². The molecule has 0 spiro atoms. The van der Waals surface area contributed by atoms with Crippen LogP contribution in [0.1, 0.15) is 0 Å². The van der Waals surface area contributed by atoms with Crippen molar-refractivity contribution in [1.82, 2.24) is 0 Å². The largest absolute Gasteiger partial charge is 0.439 e. The number of rotatable bonds is 3. The highest BCUT2D eigenvalue weighted by Gasteiger charge is 2.37. The third-order valence-electron chi connectivity index (χ3n) is 3.36. The van der Waals surface area contributed by atoms with Gasteiger partial charge in [-0.15, -0.1) is 0 Å². The molecular weight excluding hydrogens is 275 g/mol. The fourth-order valence-electron chi connectivity index (χ4n) is 2.45. The molecule has 4 nitrogen and oxygen atoms in total. The van der Waals surface area contributed by atoms with Gasteiger partial charge in [0.1, 0.15) is 5.75 Å². The normalized spacial score (nSPS) is 21.5. The maximum absolute atomic E-state index is 13.1. The molecule has 0 radical (unpaired) electrons. The third kappa shape index (κ3) is 2.16. The molecular formula is C15H15O4P. The van der Waals surface area contributed by atoms with Gasteiger partial charge in [0, 0.05) is 5.56 Å². The van der Waals surface area contributed by atoms with Crippen LogP contribution >= 0.6 is 7.37 Å². The summed E-state index contributed by atoms with van der Waals surface area (Å²) in [7, 11) is -3.22. The molecule has 2 aromatic rings. The maximum Gasteiger partial charge on any atom is 0.280 e. The van der Waals surface area contributed by atoms with Gasteiger partial charge >= 0.3 is 0 Å².